The van der Waals surface area contributed by atoms with Crippen molar-refractivity contribution >= 4 is 18.3 Å². The fraction of sp³-hybridized carbons (Fsp3) is 0.650. The van der Waals surface area contributed by atoms with Gasteiger partial charge in [0.05, 0.1) is 12.0 Å². The second-order valence-corrected chi connectivity index (χ2v) is 7.54. The molecule has 152 valence electrons. The van der Waals surface area contributed by atoms with Crippen LogP contribution in [0.3, 0.4) is 0 Å². The van der Waals surface area contributed by atoms with Crippen LogP contribution < -0.4 is 0 Å². The van der Waals surface area contributed by atoms with E-state index in [0.29, 0.717) is 11.6 Å². The highest BCUT2D eigenvalue weighted by atomic mass is 35.5. The summed E-state index contributed by atoms with van der Waals surface area (Å²) in [5.41, 5.74) is -0.275. The van der Waals surface area contributed by atoms with Crippen LogP contribution in [0.25, 0.3) is 0 Å². The van der Waals surface area contributed by atoms with Crippen molar-refractivity contribution in [3.8, 4) is 0 Å². The van der Waals surface area contributed by atoms with Gasteiger partial charge in [-0.25, -0.2) is 0 Å². The number of likely N-dealkylation sites (N-methyl/N-ethyl adjacent to an activating group) is 1. The molecule has 1 saturated heterocycles. The van der Waals surface area contributed by atoms with Crippen molar-refractivity contribution in [2.45, 2.75) is 63.2 Å². The third-order valence-corrected chi connectivity index (χ3v) is 5.80. The summed E-state index contributed by atoms with van der Waals surface area (Å²) in [5, 5.41) is 0. The molecule has 3 nitrogen and oxygen atoms in total. The van der Waals surface area contributed by atoms with E-state index in [1.54, 1.807) is 11.0 Å². The Bertz CT molecular complexity index is 632. The van der Waals surface area contributed by atoms with Crippen LogP contribution >= 0.6 is 12.4 Å². The Morgan fingerprint density at radius 1 is 1.15 bits per heavy atom. The molecule has 2 atom stereocenters. The summed E-state index contributed by atoms with van der Waals surface area (Å²) in [5.74, 6) is -0.0968. The molecule has 0 aromatic heterocycles. The summed E-state index contributed by atoms with van der Waals surface area (Å²) in [6, 6.07) is 5.66. The molecule has 1 saturated carbocycles. The van der Waals surface area contributed by atoms with Crippen LogP contribution in [-0.4, -0.2) is 47.9 Å². The van der Waals surface area contributed by atoms with Crippen molar-refractivity contribution < 1.29 is 18.0 Å². The van der Waals surface area contributed by atoms with Crippen LogP contribution in [0.15, 0.2) is 24.3 Å². The first-order valence-corrected chi connectivity index (χ1v) is 9.52. The highest BCUT2D eigenvalue weighted by Crippen LogP contribution is 2.31. The molecule has 27 heavy (non-hydrogen) atoms. The summed E-state index contributed by atoms with van der Waals surface area (Å²) in [6.07, 6.45) is 2.44. The molecule has 0 radical (unpaired) electrons. The minimum atomic E-state index is -4.38. The molecule has 7 heteroatoms. The Balaban J connectivity index is 0.00000261. The fourth-order valence-corrected chi connectivity index (χ4v) is 4.38. The molecule has 1 heterocycles. The number of amides is 1. The lowest BCUT2D eigenvalue weighted by molar-refractivity contribution is -0.138. The number of halogens is 4. The second-order valence-electron chi connectivity index (χ2n) is 7.54. The minimum absolute atomic E-state index is 0. The zero-order chi connectivity index (χ0) is 18.7. The van der Waals surface area contributed by atoms with Gasteiger partial charge in [0.1, 0.15) is 0 Å². The summed E-state index contributed by atoms with van der Waals surface area (Å²) < 4.78 is 38.6. The first-order valence-electron chi connectivity index (χ1n) is 9.52. The van der Waals surface area contributed by atoms with E-state index in [2.05, 4.69) is 4.90 Å². The van der Waals surface area contributed by atoms with Gasteiger partial charge in [-0.05, 0) is 50.4 Å². The van der Waals surface area contributed by atoms with Crippen molar-refractivity contribution in [2.75, 3.05) is 20.1 Å². The zero-order valence-corrected chi connectivity index (χ0v) is 16.5. The van der Waals surface area contributed by atoms with E-state index in [0.717, 1.165) is 44.5 Å². The van der Waals surface area contributed by atoms with Crippen molar-refractivity contribution in [3.05, 3.63) is 35.4 Å². The molecule has 2 fully saturated rings. The summed E-state index contributed by atoms with van der Waals surface area (Å²) in [4.78, 5) is 17.1. The zero-order valence-electron chi connectivity index (χ0n) is 15.7. The maximum Gasteiger partial charge on any atom is 0.416 e. The maximum atomic E-state index is 12.9. The first kappa shape index (κ1) is 22.0. The van der Waals surface area contributed by atoms with Gasteiger partial charge in [-0.15, -0.1) is 12.4 Å². The molecule has 1 amide bonds. The lowest BCUT2D eigenvalue weighted by Gasteiger charge is -2.42. The number of hydrogen-bond acceptors (Lipinski definition) is 2. The van der Waals surface area contributed by atoms with E-state index in [4.69, 9.17) is 0 Å². The van der Waals surface area contributed by atoms with Gasteiger partial charge in [0.2, 0.25) is 5.91 Å². The van der Waals surface area contributed by atoms with Crippen LogP contribution in [0, 0.1) is 0 Å². The largest absolute Gasteiger partial charge is 0.416 e. The molecule has 1 aromatic rings. The van der Waals surface area contributed by atoms with Crippen LogP contribution in [0.5, 0.6) is 0 Å². The lowest BCUT2D eigenvalue weighted by atomic mass is 9.88. The average Bonchev–Trinajstić information content (AvgIpc) is 3.15. The van der Waals surface area contributed by atoms with Gasteiger partial charge < -0.3 is 4.90 Å². The summed E-state index contributed by atoms with van der Waals surface area (Å²) >= 11 is 0. The highest BCUT2D eigenvalue weighted by molar-refractivity contribution is 5.85. The van der Waals surface area contributed by atoms with E-state index >= 15 is 0 Å². The number of benzene rings is 1. The minimum Gasteiger partial charge on any atom is -0.341 e. The number of rotatable bonds is 4. The van der Waals surface area contributed by atoms with Gasteiger partial charge in [0.25, 0.3) is 0 Å². The number of carbonyl (C=O) groups is 1. The molecule has 1 aliphatic carbocycles. The van der Waals surface area contributed by atoms with Crippen molar-refractivity contribution in [3.63, 3.8) is 0 Å². The number of likely N-dealkylation sites (tertiary alicyclic amines) is 1. The van der Waals surface area contributed by atoms with Crippen LogP contribution in [0.1, 0.15) is 49.7 Å². The monoisotopic (exact) mass is 404 g/mol. The predicted octanol–water partition coefficient (Wildman–Crippen LogP) is 4.54. The van der Waals surface area contributed by atoms with Gasteiger partial charge >= 0.3 is 6.18 Å². The highest BCUT2D eigenvalue weighted by Gasteiger charge is 2.35. The molecule has 0 N–H and O–H groups in total. The predicted molar refractivity (Wildman–Crippen MR) is 102 cm³/mol. The first-order chi connectivity index (χ1) is 12.4. The Morgan fingerprint density at radius 2 is 1.81 bits per heavy atom. The Hall–Kier alpha value is -1.27. The number of alkyl halides is 3. The molecule has 1 aliphatic heterocycles. The maximum absolute atomic E-state index is 12.9. The molecule has 1 aromatic carbocycles. The van der Waals surface area contributed by atoms with Gasteiger partial charge in [0.15, 0.2) is 0 Å². The number of carbonyl (C=O) groups excluding carboxylic acids is 1. The Labute approximate surface area is 165 Å². The third-order valence-electron chi connectivity index (χ3n) is 5.80. The fourth-order valence-electron chi connectivity index (χ4n) is 4.38. The second kappa shape index (κ2) is 9.28. The van der Waals surface area contributed by atoms with Crippen molar-refractivity contribution in [1.82, 2.24) is 9.80 Å². The number of nitrogens with zero attached hydrogens (tertiary/aromatic N) is 2. The van der Waals surface area contributed by atoms with Crippen LogP contribution in [0.4, 0.5) is 13.2 Å². The standard InChI is InChI=1S/C20H27F3N2O.ClH/c1-24(17-9-2-3-10-18(17)25-11-4-5-12-25)19(26)14-15-7-6-8-16(13-15)20(21,22)23;/h6-8,13,17-18H,2-5,9-12,14H2,1H3;1H/t17-,18-;/m1./s1. The number of hydrogen-bond donors (Lipinski definition) is 0. The Kier molecular flexibility index (Phi) is 7.57. The van der Waals surface area contributed by atoms with Gasteiger partial charge in [-0.2, -0.15) is 13.2 Å². The molecule has 0 unspecified atom stereocenters. The topological polar surface area (TPSA) is 23.6 Å². The molecule has 3 rings (SSSR count). The summed E-state index contributed by atoms with van der Waals surface area (Å²) in [7, 11) is 1.81. The molecular weight excluding hydrogens is 377 g/mol. The van der Waals surface area contributed by atoms with Crippen molar-refractivity contribution in [2.24, 2.45) is 0 Å². The van der Waals surface area contributed by atoms with Gasteiger partial charge in [0, 0.05) is 19.1 Å². The lowest BCUT2D eigenvalue weighted by Crippen LogP contribution is -2.53. The SMILES string of the molecule is CN(C(=O)Cc1cccc(C(F)(F)F)c1)[C@@H]1CCCC[C@H]1N1CCCC1.Cl. The van der Waals surface area contributed by atoms with E-state index in [-0.39, 0.29) is 30.8 Å². The van der Waals surface area contributed by atoms with E-state index in [1.807, 2.05) is 7.05 Å². The summed E-state index contributed by atoms with van der Waals surface area (Å²) in [6.45, 7) is 2.19. The molecule has 0 bridgehead atoms. The van der Waals surface area contributed by atoms with Gasteiger partial charge in [-0.1, -0.05) is 31.0 Å². The quantitative estimate of drug-likeness (QED) is 0.735. The third kappa shape index (κ3) is 5.38. The average molecular weight is 405 g/mol. The molecule has 0 spiro atoms. The molecule has 2 aliphatic rings. The van der Waals surface area contributed by atoms with E-state index in [1.165, 1.54) is 25.3 Å². The normalized spacial score (nSPS) is 23.7. The van der Waals surface area contributed by atoms with E-state index < -0.39 is 11.7 Å². The van der Waals surface area contributed by atoms with Gasteiger partial charge in [-0.3, -0.25) is 9.69 Å². The smallest absolute Gasteiger partial charge is 0.341 e. The van der Waals surface area contributed by atoms with Crippen LogP contribution in [-0.2, 0) is 17.4 Å². The van der Waals surface area contributed by atoms with Crippen molar-refractivity contribution in [1.29, 1.82) is 0 Å². The Morgan fingerprint density at radius 3 is 2.48 bits per heavy atom. The van der Waals surface area contributed by atoms with E-state index in [9.17, 15) is 18.0 Å². The van der Waals surface area contributed by atoms with Crippen LogP contribution in [0.2, 0.25) is 0 Å². The molecular formula is C20H28ClF3N2O.